The molecule has 2 aromatic rings. The lowest BCUT2D eigenvalue weighted by Gasteiger charge is -2.14. The van der Waals surface area contributed by atoms with Crippen LogP contribution in [-0.2, 0) is 0 Å². The Bertz CT molecular complexity index is 840. The number of nitrogens with one attached hydrogen (secondary N) is 1. The quantitative estimate of drug-likeness (QED) is 0.531. The number of anilines is 1. The van der Waals surface area contributed by atoms with E-state index in [1.165, 1.54) is 38.5 Å². The van der Waals surface area contributed by atoms with Crippen LogP contribution < -0.4 is 19.5 Å². The summed E-state index contributed by atoms with van der Waals surface area (Å²) in [7, 11) is 2.88. The first-order chi connectivity index (χ1) is 12.4. The Kier molecular flexibility index (Phi) is 6.40. The minimum atomic E-state index is -0.550. The lowest BCUT2D eigenvalue weighted by atomic mass is 10.1. The second kappa shape index (κ2) is 8.52. The number of hydrogen-bond donors (Lipinski definition) is 1. The highest BCUT2D eigenvalue weighted by Gasteiger charge is 2.18. The van der Waals surface area contributed by atoms with Crippen molar-refractivity contribution in [2.75, 3.05) is 26.1 Å². The zero-order chi connectivity index (χ0) is 19.3. The highest BCUT2D eigenvalue weighted by Crippen LogP contribution is 2.37. The third-order valence-corrected chi connectivity index (χ3v) is 4.01. The van der Waals surface area contributed by atoms with E-state index >= 15 is 0 Å². The Morgan fingerprint density at radius 3 is 2.46 bits per heavy atom. The van der Waals surface area contributed by atoms with E-state index in [2.05, 4.69) is 21.2 Å². The molecule has 0 aromatic heterocycles. The molecule has 2 rings (SSSR count). The molecule has 0 fully saturated rings. The zero-order valence-corrected chi connectivity index (χ0v) is 16.0. The predicted molar refractivity (Wildman–Crippen MR) is 99.5 cm³/mol. The number of nitro groups is 1. The number of benzene rings is 2. The number of rotatable bonds is 7. The zero-order valence-electron chi connectivity index (χ0n) is 14.4. The summed E-state index contributed by atoms with van der Waals surface area (Å²) in [5, 5.41) is 13.6. The SMILES string of the molecule is CCOc1c(Br)cc(C(=O)Nc2cc([N+](=O)[O-])ccc2OC)cc1OC. The number of carbonyl (C=O) groups excluding carboxylic acids is 1. The first kappa shape index (κ1) is 19.5. The van der Waals surface area contributed by atoms with Gasteiger partial charge in [0.2, 0.25) is 0 Å². The van der Waals surface area contributed by atoms with Crippen LogP contribution in [0.3, 0.4) is 0 Å². The van der Waals surface area contributed by atoms with Crippen molar-refractivity contribution in [2.24, 2.45) is 0 Å². The summed E-state index contributed by atoms with van der Waals surface area (Å²) in [6.07, 6.45) is 0. The van der Waals surface area contributed by atoms with Crippen LogP contribution in [0, 0.1) is 10.1 Å². The molecule has 0 saturated heterocycles. The van der Waals surface area contributed by atoms with Crippen LogP contribution in [0.4, 0.5) is 11.4 Å². The van der Waals surface area contributed by atoms with Gasteiger partial charge in [-0.3, -0.25) is 14.9 Å². The van der Waals surface area contributed by atoms with Crippen LogP contribution in [0.15, 0.2) is 34.8 Å². The molecule has 1 amide bonds. The monoisotopic (exact) mass is 424 g/mol. The Morgan fingerprint density at radius 1 is 1.19 bits per heavy atom. The van der Waals surface area contributed by atoms with Gasteiger partial charge in [-0.25, -0.2) is 0 Å². The predicted octanol–water partition coefficient (Wildman–Crippen LogP) is 4.03. The number of carbonyl (C=O) groups is 1. The average molecular weight is 425 g/mol. The highest BCUT2D eigenvalue weighted by molar-refractivity contribution is 9.10. The molecule has 0 aliphatic rings. The molecule has 0 unspecified atom stereocenters. The molecule has 0 atom stereocenters. The second-order valence-electron chi connectivity index (χ2n) is 5.02. The molecular weight excluding hydrogens is 408 g/mol. The van der Waals surface area contributed by atoms with Gasteiger partial charge in [-0.05, 0) is 41.1 Å². The maximum Gasteiger partial charge on any atom is 0.271 e. The van der Waals surface area contributed by atoms with Crippen molar-refractivity contribution >= 4 is 33.2 Å². The van der Waals surface area contributed by atoms with Gasteiger partial charge >= 0.3 is 0 Å². The van der Waals surface area contributed by atoms with E-state index in [0.29, 0.717) is 28.3 Å². The standard InChI is InChI=1S/C17H17BrN2O6/c1-4-26-16-12(18)7-10(8-15(16)25-3)17(21)19-13-9-11(20(22)23)5-6-14(13)24-2/h5-9H,4H2,1-3H3,(H,19,21). The Morgan fingerprint density at radius 2 is 1.88 bits per heavy atom. The van der Waals surface area contributed by atoms with Crippen molar-refractivity contribution < 1.29 is 23.9 Å². The summed E-state index contributed by atoms with van der Waals surface area (Å²) < 4.78 is 16.5. The van der Waals surface area contributed by atoms with Crippen LogP contribution in [0.25, 0.3) is 0 Å². The van der Waals surface area contributed by atoms with Gasteiger partial charge in [0, 0.05) is 17.7 Å². The second-order valence-corrected chi connectivity index (χ2v) is 5.87. The van der Waals surface area contributed by atoms with Crippen molar-refractivity contribution in [2.45, 2.75) is 6.92 Å². The highest BCUT2D eigenvalue weighted by atomic mass is 79.9. The third kappa shape index (κ3) is 4.23. The van der Waals surface area contributed by atoms with Gasteiger partial charge in [0.25, 0.3) is 11.6 Å². The van der Waals surface area contributed by atoms with Gasteiger partial charge < -0.3 is 19.5 Å². The van der Waals surface area contributed by atoms with E-state index in [4.69, 9.17) is 14.2 Å². The van der Waals surface area contributed by atoms with E-state index in [1.54, 1.807) is 6.07 Å². The minimum absolute atomic E-state index is 0.161. The first-order valence-corrected chi connectivity index (χ1v) is 8.34. The first-order valence-electron chi connectivity index (χ1n) is 7.55. The van der Waals surface area contributed by atoms with Crippen molar-refractivity contribution in [1.82, 2.24) is 0 Å². The molecular formula is C17H17BrN2O6. The van der Waals surface area contributed by atoms with Crippen molar-refractivity contribution in [1.29, 1.82) is 0 Å². The normalized spacial score (nSPS) is 10.2. The Labute approximate surface area is 158 Å². The number of non-ortho nitro benzene ring substituents is 1. The van der Waals surface area contributed by atoms with Gasteiger partial charge in [0.05, 0.1) is 35.9 Å². The number of nitrogens with zero attached hydrogens (tertiary/aromatic N) is 1. The summed E-state index contributed by atoms with van der Waals surface area (Å²) >= 11 is 3.35. The Hall–Kier alpha value is -2.81. The lowest BCUT2D eigenvalue weighted by Crippen LogP contribution is -2.13. The molecule has 0 spiro atoms. The summed E-state index contributed by atoms with van der Waals surface area (Å²) in [5.74, 6) is 0.698. The largest absolute Gasteiger partial charge is 0.495 e. The molecule has 8 nitrogen and oxygen atoms in total. The summed E-state index contributed by atoms with van der Waals surface area (Å²) in [5.41, 5.74) is 0.313. The number of hydrogen-bond acceptors (Lipinski definition) is 6. The maximum absolute atomic E-state index is 12.6. The van der Waals surface area contributed by atoms with Crippen molar-refractivity contribution in [3.05, 3.63) is 50.5 Å². The lowest BCUT2D eigenvalue weighted by molar-refractivity contribution is -0.384. The van der Waals surface area contributed by atoms with E-state index in [-0.39, 0.29) is 16.9 Å². The van der Waals surface area contributed by atoms with Gasteiger partial charge in [-0.2, -0.15) is 0 Å². The smallest absolute Gasteiger partial charge is 0.271 e. The average Bonchev–Trinajstić information content (AvgIpc) is 2.62. The fraction of sp³-hybridized carbons (Fsp3) is 0.235. The molecule has 0 aliphatic carbocycles. The Balaban J connectivity index is 2.37. The maximum atomic E-state index is 12.6. The molecule has 0 radical (unpaired) electrons. The number of amides is 1. The summed E-state index contributed by atoms with van der Waals surface area (Å²) in [6.45, 7) is 2.27. The third-order valence-electron chi connectivity index (χ3n) is 3.42. The topological polar surface area (TPSA) is 99.9 Å². The van der Waals surface area contributed by atoms with E-state index in [9.17, 15) is 14.9 Å². The van der Waals surface area contributed by atoms with E-state index < -0.39 is 10.8 Å². The van der Waals surface area contributed by atoms with E-state index in [0.717, 1.165) is 0 Å². The minimum Gasteiger partial charge on any atom is -0.495 e. The number of methoxy groups -OCH3 is 2. The molecule has 0 bridgehead atoms. The van der Waals surface area contributed by atoms with Crippen LogP contribution >= 0.6 is 15.9 Å². The molecule has 138 valence electrons. The molecule has 2 aromatic carbocycles. The van der Waals surface area contributed by atoms with Gasteiger partial charge in [-0.15, -0.1) is 0 Å². The van der Waals surface area contributed by atoms with Crippen LogP contribution in [0.2, 0.25) is 0 Å². The van der Waals surface area contributed by atoms with E-state index in [1.807, 2.05) is 6.92 Å². The van der Waals surface area contributed by atoms with Crippen LogP contribution in [-0.4, -0.2) is 31.7 Å². The molecule has 9 heteroatoms. The summed E-state index contributed by atoms with van der Waals surface area (Å²) in [4.78, 5) is 23.0. The molecule has 0 saturated carbocycles. The van der Waals surface area contributed by atoms with Crippen molar-refractivity contribution in [3.8, 4) is 17.2 Å². The van der Waals surface area contributed by atoms with Crippen molar-refractivity contribution in [3.63, 3.8) is 0 Å². The molecule has 0 heterocycles. The molecule has 1 N–H and O–H groups in total. The molecule has 26 heavy (non-hydrogen) atoms. The van der Waals surface area contributed by atoms with Crippen LogP contribution in [0.1, 0.15) is 17.3 Å². The fourth-order valence-corrected chi connectivity index (χ4v) is 2.79. The molecule has 0 aliphatic heterocycles. The van der Waals surface area contributed by atoms with Gasteiger partial charge in [0.1, 0.15) is 5.75 Å². The fourth-order valence-electron chi connectivity index (χ4n) is 2.24. The number of ether oxygens (including phenoxy) is 3. The number of halogens is 1. The summed E-state index contributed by atoms with van der Waals surface area (Å²) in [6, 6.07) is 7.05. The van der Waals surface area contributed by atoms with Gasteiger partial charge in [-0.1, -0.05) is 0 Å². The van der Waals surface area contributed by atoms with Crippen LogP contribution in [0.5, 0.6) is 17.2 Å². The number of nitro benzene ring substituents is 1. The van der Waals surface area contributed by atoms with Gasteiger partial charge in [0.15, 0.2) is 11.5 Å².